The van der Waals surface area contributed by atoms with Crippen molar-refractivity contribution in [2.75, 3.05) is 6.61 Å². The molecule has 0 aliphatic heterocycles. The smallest absolute Gasteiger partial charge is 0.0546 e. The molecule has 2 nitrogen and oxygen atoms in total. The first kappa shape index (κ1) is 11.9. The van der Waals surface area contributed by atoms with Crippen LogP contribution in [0.1, 0.15) is 46.5 Å². The largest absolute Gasteiger partial charge is 0.396 e. The molecule has 12 heavy (non-hydrogen) atoms. The Bertz CT molecular complexity index is 110. The first-order chi connectivity index (χ1) is 5.52. The Hall–Kier alpha value is -0.0800. The quantitative estimate of drug-likeness (QED) is 0.646. The fourth-order valence-electron chi connectivity index (χ4n) is 1.24. The predicted octanol–water partition coefficient (Wildman–Crippen LogP) is 1.95. The minimum Gasteiger partial charge on any atom is -0.396 e. The summed E-state index contributed by atoms with van der Waals surface area (Å²) in [6.45, 7) is 6.21. The van der Waals surface area contributed by atoms with Gasteiger partial charge in [0.15, 0.2) is 0 Å². The molecule has 0 heterocycles. The zero-order chi connectivity index (χ0) is 9.61. The van der Waals surface area contributed by atoms with E-state index in [0.29, 0.717) is 6.42 Å². The van der Waals surface area contributed by atoms with Gasteiger partial charge in [-0.2, -0.15) is 0 Å². The third kappa shape index (κ3) is 5.56. The van der Waals surface area contributed by atoms with E-state index in [2.05, 4.69) is 6.92 Å². The van der Waals surface area contributed by atoms with Crippen molar-refractivity contribution in [2.45, 2.75) is 52.6 Å². The molecule has 2 heteroatoms. The van der Waals surface area contributed by atoms with Crippen molar-refractivity contribution >= 4 is 0 Å². The van der Waals surface area contributed by atoms with E-state index >= 15 is 0 Å². The number of rotatable bonds is 6. The molecule has 0 aromatic rings. The fraction of sp³-hybridized carbons (Fsp3) is 1.00. The van der Waals surface area contributed by atoms with Crippen molar-refractivity contribution in [3.8, 4) is 0 Å². The normalized spacial score (nSPS) is 14.8. The maximum absolute atomic E-state index is 9.54. The monoisotopic (exact) mass is 174 g/mol. The SMILES string of the molecule is CCCCC(O)CC(C)(C)CO. The van der Waals surface area contributed by atoms with Crippen LogP contribution in [0.2, 0.25) is 0 Å². The molecule has 0 saturated carbocycles. The average molecular weight is 174 g/mol. The lowest BCUT2D eigenvalue weighted by Crippen LogP contribution is -2.23. The maximum Gasteiger partial charge on any atom is 0.0546 e. The van der Waals surface area contributed by atoms with Crippen molar-refractivity contribution < 1.29 is 10.2 Å². The van der Waals surface area contributed by atoms with Crippen molar-refractivity contribution in [2.24, 2.45) is 5.41 Å². The van der Waals surface area contributed by atoms with Crippen molar-refractivity contribution in [3.63, 3.8) is 0 Å². The minimum atomic E-state index is -0.243. The van der Waals surface area contributed by atoms with Gasteiger partial charge >= 0.3 is 0 Å². The molecule has 74 valence electrons. The van der Waals surface area contributed by atoms with Crippen LogP contribution in [-0.2, 0) is 0 Å². The van der Waals surface area contributed by atoms with Gasteiger partial charge in [-0.15, -0.1) is 0 Å². The Morgan fingerprint density at radius 2 is 1.92 bits per heavy atom. The van der Waals surface area contributed by atoms with Gasteiger partial charge in [0.05, 0.1) is 6.10 Å². The summed E-state index contributed by atoms with van der Waals surface area (Å²) in [6.07, 6.45) is 3.51. The van der Waals surface area contributed by atoms with E-state index in [1.54, 1.807) is 0 Å². The Labute approximate surface area is 75.6 Å². The van der Waals surface area contributed by atoms with Crippen molar-refractivity contribution in [1.82, 2.24) is 0 Å². The van der Waals surface area contributed by atoms with E-state index < -0.39 is 0 Å². The van der Waals surface area contributed by atoms with Crippen LogP contribution < -0.4 is 0 Å². The fourth-order valence-corrected chi connectivity index (χ4v) is 1.24. The van der Waals surface area contributed by atoms with Crippen LogP contribution in [0.4, 0.5) is 0 Å². The number of hydrogen-bond donors (Lipinski definition) is 2. The summed E-state index contributed by atoms with van der Waals surface area (Å²) < 4.78 is 0. The second-order valence-corrected chi connectivity index (χ2v) is 4.32. The van der Waals surface area contributed by atoms with Gasteiger partial charge < -0.3 is 10.2 Å². The summed E-state index contributed by atoms with van der Waals surface area (Å²) in [6, 6.07) is 0. The summed E-state index contributed by atoms with van der Waals surface area (Å²) >= 11 is 0. The van der Waals surface area contributed by atoms with Gasteiger partial charge in [-0.3, -0.25) is 0 Å². The summed E-state index contributed by atoms with van der Waals surface area (Å²) in [5.74, 6) is 0. The summed E-state index contributed by atoms with van der Waals surface area (Å²) in [5, 5.41) is 18.5. The summed E-state index contributed by atoms with van der Waals surface area (Å²) in [4.78, 5) is 0. The molecule has 0 fully saturated rings. The molecule has 1 unspecified atom stereocenters. The Balaban J connectivity index is 3.60. The highest BCUT2D eigenvalue weighted by Crippen LogP contribution is 2.23. The number of unbranched alkanes of at least 4 members (excludes halogenated alkanes) is 1. The molecule has 0 saturated heterocycles. The lowest BCUT2D eigenvalue weighted by atomic mass is 9.86. The van der Waals surface area contributed by atoms with Crippen LogP contribution in [-0.4, -0.2) is 22.9 Å². The molecule has 0 aromatic carbocycles. The Morgan fingerprint density at radius 3 is 2.33 bits per heavy atom. The van der Waals surface area contributed by atoms with Gasteiger partial charge in [-0.1, -0.05) is 33.6 Å². The lowest BCUT2D eigenvalue weighted by Gasteiger charge is -2.24. The highest BCUT2D eigenvalue weighted by molar-refractivity contribution is 4.71. The van der Waals surface area contributed by atoms with Crippen LogP contribution in [0.5, 0.6) is 0 Å². The van der Waals surface area contributed by atoms with Gasteiger partial charge in [0, 0.05) is 6.61 Å². The maximum atomic E-state index is 9.54. The third-order valence-corrected chi connectivity index (χ3v) is 2.11. The number of hydrogen-bond acceptors (Lipinski definition) is 2. The van der Waals surface area contributed by atoms with Gasteiger partial charge in [-0.05, 0) is 18.3 Å². The van der Waals surface area contributed by atoms with E-state index in [9.17, 15) is 5.11 Å². The molecule has 0 amide bonds. The Kier molecular flexibility index (Phi) is 5.51. The van der Waals surface area contributed by atoms with Crippen LogP contribution >= 0.6 is 0 Å². The second kappa shape index (κ2) is 5.55. The van der Waals surface area contributed by atoms with E-state index in [1.165, 1.54) is 0 Å². The molecule has 1 atom stereocenters. The first-order valence-electron chi connectivity index (χ1n) is 4.81. The molecule has 0 bridgehead atoms. The molecule has 0 aromatic heterocycles. The highest BCUT2D eigenvalue weighted by atomic mass is 16.3. The van der Waals surface area contributed by atoms with E-state index in [1.807, 2.05) is 13.8 Å². The van der Waals surface area contributed by atoms with Gasteiger partial charge in [-0.25, -0.2) is 0 Å². The first-order valence-corrected chi connectivity index (χ1v) is 4.81. The van der Waals surface area contributed by atoms with Gasteiger partial charge in [0.2, 0.25) is 0 Å². The van der Waals surface area contributed by atoms with Crippen molar-refractivity contribution in [3.05, 3.63) is 0 Å². The van der Waals surface area contributed by atoms with Crippen LogP contribution in [0.15, 0.2) is 0 Å². The summed E-state index contributed by atoms with van der Waals surface area (Å²) in [5.41, 5.74) is -0.132. The molecular weight excluding hydrogens is 152 g/mol. The van der Waals surface area contributed by atoms with E-state index in [-0.39, 0.29) is 18.1 Å². The number of aliphatic hydroxyl groups excluding tert-OH is 2. The molecule has 2 N–H and O–H groups in total. The zero-order valence-corrected chi connectivity index (χ0v) is 8.51. The second-order valence-electron chi connectivity index (χ2n) is 4.32. The van der Waals surface area contributed by atoms with Gasteiger partial charge in [0.1, 0.15) is 0 Å². The third-order valence-electron chi connectivity index (χ3n) is 2.11. The topological polar surface area (TPSA) is 40.5 Å². The standard InChI is InChI=1S/C10H22O2/c1-4-5-6-9(12)7-10(2,3)8-11/h9,11-12H,4-8H2,1-3H3. The molecule has 0 spiro atoms. The molecule has 0 radical (unpaired) electrons. The van der Waals surface area contributed by atoms with E-state index in [0.717, 1.165) is 19.3 Å². The molecular formula is C10H22O2. The van der Waals surface area contributed by atoms with Crippen LogP contribution in [0, 0.1) is 5.41 Å². The van der Waals surface area contributed by atoms with Crippen molar-refractivity contribution in [1.29, 1.82) is 0 Å². The summed E-state index contributed by atoms with van der Waals surface area (Å²) in [7, 11) is 0. The van der Waals surface area contributed by atoms with Gasteiger partial charge in [0.25, 0.3) is 0 Å². The van der Waals surface area contributed by atoms with E-state index in [4.69, 9.17) is 5.11 Å². The molecule has 0 rings (SSSR count). The highest BCUT2D eigenvalue weighted by Gasteiger charge is 2.20. The van der Waals surface area contributed by atoms with Crippen LogP contribution in [0.25, 0.3) is 0 Å². The Morgan fingerprint density at radius 1 is 1.33 bits per heavy atom. The predicted molar refractivity (Wildman–Crippen MR) is 51.0 cm³/mol. The zero-order valence-electron chi connectivity index (χ0n) is 8.51. The lowest BCUT2D eigenvalue weighted by molar-refractivity contribution is 0.0668. The molecule has 0 aliphatic carbocycles. The molecule has 0 aliphatic rings. The average Bonchev–Trinajstić information content (AvgIpc) is 2.00. The number of aliphatic hydroxyl groups is 2. The minimum absolute atomic E-state index is 0.132. The van der Waals surface area contributed by atoms with Crippen LogP contribution in [0.3, 0.4) is 0 Å².